The van der Waals surface area contributed by atoms with E-state index in [2.05, 4.69) is 216 Å². The van der Waals surface area contributed by atoms with Crippen molar-refractivity contribution in [3.05, 3.63) is 206 Å². The summed E-state index contributed by atoms with van der Waals surface area (Å²) < 4.78 is 2.36. The number of rotatable bonds is 6. The minimum absolute atomic E-state index is 1.11. The van der Waals surface area contributed by atoms with E-state index < -0.39 is 0 Å². The highest BCUT2D eigenvalue weighted by atomic mass is 15.1. The van der Waals surface area contributed by atoms with Gasteiger partial charge < -0.3 is 9.30 Å². The molecule has 52 heavy (non-hydrogen) atoms. The highest BCUT2D eigenvalue weighted by molar-refractivity contribution is 6.08. The van der Waals surface area contributed by atoms with Crippen LogP contribution < -0.4 is 4.90 Å². The van der Waals surface area contributed by atoms with Crippen LogP contribution in [0.3, 0.4) is 0 Å². The Kier molecular flexibility index (Phi) is 7.18. The quantitative estimate of drug-likeness (QED) is 0.172. The van der Waals surface area contributed by atoms with Crippen molar-refractivity contribution in [3.63, 3.8) is 0 Å². The third-order valence-electron chi connectivity index (χ3n) is 10.4. The summed E-state index contributed by atoms with van der Waals surface area (Å²) in [6, 6.07) is 72.3. The molecule has 244 valence electrons. The van der Waals surface area contributed by atoms with Crippen molar-refractivity contribution >= 4 is 55.0 Å². The van der Waals surface area contributed by atoms with Gasteiger partial charge in [0.25, 0.3) is 0 Å². The van der Waals surface area contributed by atoms with Crippen LogP contribution in [0.15, 0.2) is 206 Å². The molecule has 0 bridgehead atoms. The van der Waals surface area contributed by atoms with Crippen LogP contribution in [0.1, 0.15) is 0 Å². The fraction of sp³-hybridized carbons (Fsp3) is 0. The van der Waals surface area contributed by atoms with Crippen molar-refractivity contribution in [1.82, 2.24) is 4.40 Å². The van der Waals surface area contributed by atoms with Gasteiger partial charge in [-0.2, -0.15) is 0 Å². The van der Waals surface area contributed by atoms with E-state index in [1.807, 2.05) is 0 Å². The molecule has 0 aliphatic carbocycles. The molecule has 2 aromatic heterocycles. The number of nitrogens with zero attached hydrogens (tertiary/aromatic N) is 2. The van der Waals surface area contributed by atoms with E-state index in [1.54, 1.807) is 0 Å². The molecule has 0 radical (unpaired) electrons. The number of fused-ring (bicyclic) bond motifs is 5. The van der Waals surface area contributed by atoms with Crippen molar-refractivity contribution in [1.29, 1.82) is 0 Å². The average Bonchev–Trinajstić information content (AvgIpc) is 3.54. The Bertz CT molecular complexity index is 2860. The summed E-state index contributed by atoms with van der Waals surface area (Å²) in [5, 5.41) is 6.15. The van der Waals surface area contributed by atoms with Gasteiger partial charge in [0, 0.05) is 33.9 Å². The second kappa shape index (κ2) is 12.5. The normalized spacial score (nSPS) is 11.5. The van der Waals surface area contributed by atoms with E-state index in [1.165, 1.54) is 71.3 Å². The molecule has 2 heteroatoms. The molecule has 0 saturated carbocycles. The van der Waals surface area contributed by atoms with E-state index in [4.69, 9.17) is 0 Å². The maximum atomic E-state index is 2.37. The van der Waals surface area contributed by atoms with Crippen molar-refractivity contribution in [2.75, 3.05) is 4.90 Å². The molecule has 0 aliphatic rings. The molecule has 0 amide bonds. The predicted molar refractivity (Wildman–Crippen MR) is 221 cm³/mol. The molecular weight excluding hydrogens is 629 g/mol. The molecule has 2 heterocycles. The Hall–Kier alpha value is -6.90. The number of para-hydroxylation sites is 1. The third-order valence-corrected chi connectivity index (χ3v) is 10.4. The molecule has 8 aromatic carbocycles. The second-order valence-corrected chi connectivity index (χ2v) is 13.4. The van der Waals surface area contributed by atoms with Gasteiger partial charge in [0.2, 0.25) is 0 Å². The van der Waals surface area contributed by atoms with E-state index in [-0.39, 0.29) is 0 Å². The van der Waals surface area contributed by atoms with Gasteiger partial charge in [-0.25, -0.2) is 0 Å². The summed E-state index contributed by atoms with van der Waals surface area (Å²) in [5.74, 6) is 0. The van der Waals surface area contributed by atoms with E-state index in [0.717, 1.165) is 17.1 Å². The fourth-order valence-corrected chi connectivity index (χ4v) is 7.82. The first-order valence-electron chi connectivity index (χ1n) is 17.8. The molecule has 0 spiro atoms. The highest BCUT2D eigenvalue weighted by Crippen LogP contribution is 2.41. The van der Waals surface area contributed by atoms with Crippen LogP contribution in [-0.2, 0) is 0 Å². The molecule has 0 saturated heterocycles. The summed E-state index contributed by atoms with van der Waals surface area (Å²) >= 11 is 0. The molecule has 0 unspecified atom stereocenters. The van der Waals surface area contributed by atoms with Gasteiger partial charge in [0.15, 0.2) is 0 Å². The second-order valence-electron chi connectivity index (χ2n) is 13.4. The summed E-state index contributed by atoms with van der Waals surface area (Å²) in [6.45, 7) is 0. The lowest BCUT2D eigenvalue weighted by atomic mass is 9.99. The molecule has 0 fully saturated rings. The number of hydrogen-bond acceptors (Lipinski definition) is 1. The smallest absolute Gasteiger partial charge is 0.0547 e. The van der Waals surface area contributed by atoms with Crippen LogP contribution in [0, 0.1) is 0 Å². The highest BCUT2D eigenvalue weighted by Gasteiger charge is 2.17. The summed E-state index contributed by atoms with van der Waals surface area (Å²) in [7, 11) is 0. The largest absolute Gasteiger partial charge is 0.315 e. The molecular formula is C50H34N2. The van der Waals surface area contributed by atoms with Crippen LogP contribution in [0.2, 0.25) is 0 Å². The van der Waals surface area contributed by atoms with E-state index in [9.17, 15) is 0 Å². The minimum atomic E-state index is 1.11. The maximum absolute atomic E-state index is 2.37. The topological polar surface area (TPSA) is 7.65 Å². The SMILES string of the molecule is c1ccc(-c2ccc(N(c3ccc(-c4ccc5cc6c(-c7ccccc7)c7ccccc7n6cc5c4)cc3)c3cccc4ccccc34)cc2)cc1. The van der Waals surface area contributed by atoms with Crippen molar-refractivity contribution in [2.24, 2.45) is 0 Å². The number of pyridine rings is 1. The summed E-state index contributed by atoms with van der Waals surface area (Å²) in [5.41, 5.74) is 13.2. The standard InChI is InChI=1S/C50H34N2/c1-3-12-35(13-4-1)36-24-28-43(29-25-36)52(48-21-11-17-38-14-7-8-18-45(38)48)44-30-26-37(27-31-44)40-22-23-41-33-49-50(39-15-5-2-6-16-39)46-19-9-10-20-47(46)51(49)34-42(41)32-40/h1-34H. The zero-order chi connectivity index (χ0) is 34.4. The zero-order valence-corrected chi connectivity index (χ0v) is 28.5. The van der Waals surface area contributed by atoms with Gasteiger partial charge in [-0.3, -0.25) is 0 Å². The van der Waals surface area contributed by atoms with Gasteiger partial charge in [-0.15, -0.1) is 0 Å². The predicted octanol–water partition coefficient (Wildman–Crippen LogP) is 13.9. The van der Waals surface area contributed by atoms with Crippen LogP contribution in [0.25, 0.3) is 71.3 Å². The number of benzene rings is 8. The number of aromatic nitrogens is 1. The van der Waals surface area contributed by atoms with Gasteiger partial charge >= 0.3 is 0 Å². The Balaban J connectivity index is 1.06. The van der Waals surface area contributed by atoms with E-state index in [0.29, 0.717) is 0 Å². The Morgan fingerprint density at radius 2 is 0.885 bits per heavy atom. The third kappa shape index (κ3) is 5.12. The van der Waals surface area contributed by atoms with Crippen molar-refractivity contribution in [3.8, 4) is 33.4 Å². The lowest BCUT2D eigenvalue weighted by molar-refractivity contribution is 1.28. The van der Waals surface area contributed by atoms with Crippen LogP contribution in [-0.4, -0.2) is 4.40 Å². The van der Waals surface area contributed by atoms with E-state index >= 15 is 0 Å². The minimum Gasteiger partial charge on any atom is -0.315 e. The van der Waals surface area contributed by atoms with Gasteiger partial charge in [0.1, 0.15) is 0 Å². The lowest BCUT2D eigenvalue weighted by Gasteiger charge is -2.27. The molecule has 2 nitrogen and oxygen atoms in total. The summed E-state index contributed by atoms with van der Waals surface area (Å²) in [6.07, 6.45) is 2.30. The lowest BCUT2D eigenvalue weighted by Crippen LogP contribution is -2.10. The molecule has 0 atom stereocenters. The van der Waals surface area contributed by atoms with Crippen LogP contribution >= 0.6 is 0 Å². The maximum Gasteiger partial charge on any atom is 0.0547 e. The number of anilines is 3. The van der Waals surface area contributed by atoms with Crippen LogP contribution in [0.4, 0.5) is 17.1 Å². The Labute approximate surface area is 303 Å². The molecule has 0 aliphatic heterocycles. The molecule has 10 aromatic rings. The van der Waals surface area contributed by atoms with Gasteiger partial charge in [0.05, 0.1) is 16.7 Å². The number of hydrogen-bond donors (Lipinski definition) is 0. The Morgan fingerprint density at radius 1 is 0.327 bits per heavy atom. The first-order chi connectivity index (χ1) is 25.8. The summed E-state index contributed by atoms with van der Waals surface area (Å²) in [4.78, 5) is 2.37. The average molecular weight is 663 g/mol. The first kappa shape index (κ1) is 30.0. The zero-order valence-electron chi connectivity index (χ0n) is 28.5. The van der Waals surface area contributed by atoms with Gasteiger partial charge in [-0.1, -0.05) is 152 Å². The Morgan fingerprint density at radius 3 is 1.62 bits per heavy atom. The molecule has 0 N–H and O–H groups in total. The van der Waals surface area contributed by atoms with Gasteiger partial charge in [-0.05, 0) is 92.5 Å². The first-order valence-corrected chi connectivity index (χ1v) is 17.8. The van der Waals surface area contributed by atoms with Crippen molar-refractivity contribution < 1.29 is 0 Å². The molecule has 10 rings (SSSR count). The monoisotopic (exact) mass is 662 g/mol. The van der Waals surface area contributed by atoms with Crippen molar-refractivity contribution in [2.45, 2.75) is 0 Å². The van der Waals surface area contributed by atoms with Crippen LogP contribution in [0.5, 0.6) is 0 Å². The fourth-order valence-electron chi connectivity index (χ4n) is 7.82.